The summed E-state index contributed by atoms with van der Waals surface area (Å²) in [6.07, 6.45) is 0. The first-order valence-electron chi connectivity index (χ1n) is 16.6. The molecule has 0 N–H and O–H groups in total. The summed E-state index contributed by atoms with van der Waals surface area (Å²) in [6.45, 7) is 0. The molecule has 3 heterocycles. The quantitative estimate of drug-likeness (QED) is 0.178. The normalized spacial score (nSPS) is 12.0. The standard InChI is InChI=1S/C44H24N4O2/c1-3-11-26(12-4-1)41-46-42(28-23-33-30-17-8-7-16-29(30)31-18-10-20-35-38(31)39(33)36(24-28)49-35)48-43(47-41)32-19-9-15-25-21-22-34-40(37(25)32)50-44(45-34)27-13-5-2-6-14-27/h1-24H. The van der Waals surface area contributed by atoms with Gasteiger partial charge in [-0.1, -0.05) is 109 Å². The SMILES string of the molecule is c1ccc(-c2nc(-c3cc4oc5cccc6c7ccccc7c(c3)c4c56)nc(-c3cccc4ccc5nc(-c6ccccc6)oc5c34)n2)cc1. The molecule has 0 saturated heterocycles. The molecule has 8 aromatic carbocycles. The number of benzene rings is 8. The summed E-state index contributed by atoms with van der Waals surface area (Å²) in [7, 11) is 0. The second-order valence-electron chi connectivity index (χ2n) is 12.6. The van der Waals surface area contributed by atoms with Gasteiger partial charge in [0.1, 0.15) is 16.7 Å². The molecule has 0 unspecified atom stereocenters. The van der Waals surface area contributed by atoms with E-state index < -0.39 is 0 Å². The van der Waals surface area contributed by atoms with Crippen molar-refractivity contribution in [3.8, 4) is 45.6 Å². The van der Waals surface area contributed by atoms with Crippen molar-refractivity contribution in [2.24, 2.45) is 0 Å². The molecule has 0 amide bonds. The lowest BCUT2D eigenvalue weighted by Gasteiger charge is -2.12. The van der Waals surface area contributed by atoms with Gasteiger partial charge in [0.2, 0.25) is 5.89 Å². The Balaban J connectivity index is 1.20. The van der Waals surface area contributed by atoms with Gasteiger partial charge < -0.3 is 8.83 Å². The fourth-order valence-corrected chi connectivity index (χ4v) is 7.45. The number of furan rings is 1. The lowest BCUT2D eigenvalue weighted by molar-refractivity contribution is 0.623. The van der Waals surface area contributed by atoms with Gasteiger partial charge in [-0.25, -0.2) is 19.9 Å². The lowest BCUT2D eigenvalue weighted by atomic mass is 9.93. The van der Waals surface area contributed by atoms with Gasteiger partial charge in [0.15, 0.2) is 23.1 Å². The molecule has 0 saturated carbocycles. The Morgan fingerprint density at radius 3 is 1.86 bits per heavy atom. The van der Waals surface area contributed by atoms with Gasteiger partial charge in [-0.05, 0) is 63.3 Å². The topological polar surface area (TPSA) is 77.8 Å². The number of nitrogens with zero attached hydrogens (tertiary/aromatic N) is 4. The summed E-state index contributed by atoms with van der Waals surface area (Å²) in [5, 5.41) is 8.82. The molecule has 0 fully saturated rings. The van der Waals surface area contributed by atoms with E-state index >= 15 is 0 Å². The first-order chi connectivity index (χ1) is 24.8. The molecule has 0 aliphatic rings. The highest BCUT2D eigenvalue weighted by Gasteiger charge is 2.22. The second-order valence-corrected chi connectivity index (χ2v) is 12.6. The van der Waals surface area contributed by atoms with E-state index in [9.17, 15) is 0 Å². The molecule has 232 valence electrons. The number of rotatable bonds is 4. The summed E-state index contributed by atoms with van der Waals surface area (Å²) < 4.78 is 13.0. The second kappa shape index (κ2) is 10.3. The largest absolute Gasteiger partial charge is 0.456 e. The summed E-state index contributed by atoms with van der Waals surface area (Å²) in [5.41, 5.74) is 6.65. The molecule has 0 spiro atoms. The molecule has 0 bridgehead atoms. The minimum atomic E-state index is 0.547. The van der Waals surface area contributed by atoms with Crippen molar-refractivity contribution < 1.29 is 8.83 Å². The molecule has 0 atom stereocenters. The third-order valence-corrected chi connectivity index (χ3v) is 9.69. The van der Waals surface area contributed by atoms with Crippen molar-refractivity contribution in [2.75, 3.05) is 0 Å². The molecule has 6 heteroatoms. The third-order valence-electron chi connectivity index (χ3n) is 9.69. The zero-order chi connectivity index (χ0) is 32.8. The molecule has 11 rings (SSSR count). The van der Waals surface area contributed by atoms with Crippen LogP contribution in [0.3, 0.4) is 0 Å². The van der Waals surface area contributed by atoms with Gasteiger partial charge in [-0.15, -0.1) is 0 Å². The fourth-order valence-electron chi connectivity index (χ4n) is 7.45. The molecule has 50 heavy (non-hydrogen) atoms. The highest BCUT2D eigenvalue weighted by Crippen LogP contribution is 2.44. The smallest absolute Gasteiger partial charge is 0.227 e. The third kappa shape index (κ3) is 3.96. The minimum absolute atomic E-state index is 0.547. The van der Waals surface area contributed by atoms with Crippen LogP contribution in [0.4, 0.5) is 0 Å². The summed E-state index contributed by atoms with van der Waals surface area (Å²) in [6, 6.07) is 49.3. The maximum atomic E-state index is 6.53. The van der Waals surface area contributed by atoms with Crippen LogP contribution in [-0.4, -0.2) is 19.9 Å². The fraction of sp³-hybridized carbons (Fsp3) is 0. The van der Waals surface area contributed by atoms with Crippen molar-refractivity contribution >= 4 is 65.4 Å². The Kier molecular flexibility index (Phi) is 5.57. The van der Waals surface area contributed by atoms with Gasteiger partial charge in [-0.2, -0.15) is 0 Å². The van der Waals surface area contributed by atoms with Crippen LogP contribution in [0.2, 0.25) is 0 Å². The Bertz CT molecular complexity index is 3090. The van der Waals surface area contributed by atoms with Crippen molar-refractivity contribution in [3.63, 3.8) is 0 Å². The van der Waals surface area contributed by atoms with Crippen molar-refractivity contribution in [1.29, 1.82) is 0 Å². The summed E-state index contributed by atoms with van der Waals surface area (Å²) >= 11 is 0. The number of hydrogen-bond donors (Lipinski definition) is 0. The van der Waals surface area contributed by atoms with E-state index in [0.717, 1.165) is 71.3 Å². The van der Waals surface area contributed by atoms with Crippen LogP contribution in [0.5, 0.6) is 0 Å². The number of hydrogen-bond acceptors (Lipinski definition) is 6. The number of oxazole rings is 1. The maximum absolute atomic E-state index is 6.53. The van der Waals surface area contributed by atoms with Crippen LogP contribution in [-0.2, 0) is 0 Å². The molecular formula is C44H24N4O2. The first-order valence-corrected chi connectivity index (χ1v) is 16.6. The van der Waals surface area contributed by atoms with Crippen LogP contribution < -0.4 is 0 Å². The Hall–Kier alpha value is -6.92. The zero-order valence-electron chi connectivity index (χ0n) is 26.5. The van der Waals surface area contributed by atoms with Crippen LogP contribution >= 0.6 is 0 Å². The van der Waals surface area contributed by atoms with Crippen molar-refractivity contribution in [3.05, 3.63) is 146 Å². The van der Waals surface area contributed by atoms with E-state index in [1.807, 2.05) is 84.9 Å². The van der Waals surface area contributed by atoms with E-state index in [2.05, 4.69) is 60.7 Å². The molecule has 0 aliphatic carbocycles. The van der Waals surface area contributed by atoms with Gasteiger partial charge in [-0.3, -0.25) is 0 Å². The maximum Gasteiger partial charge on any atom is 0.227 e. The molecule has 6 nitrogen and oxygen atoms in total. The Labute approximate surface area is 284 Å². The van der Waals surface area contributed by atoms with Crippen LogP contribution in [0.1, 0.15) is 0 Å². The predicted molar refractivity (Wildman–Crippen MR) is 200 cm³/mol. The van der Waals surface area contributed by atoms with Crippen LogP contribution in [0.25, 0.3) is 111 Å². The van der Waals surface area contributed by atoms with E-state index in [0.29, 0.717) is 28.9 Å². The van der Waals surface area contributed by atoms with E-state index in [-0.39, 0.29) is 0 Å². The minimum Gasteiger partial charge on any atom is -0.456 e. The van der Waals surface area contributed by atoms with E-state index in [4.69, 9.17) is 28.8 Å². The monoisotopic (exact) mass is 640 g/mol. The van der Waals surface area contributed by atoms with Gasteiger partial charge in [0, 0.05) is 38.4 Å². The average molecular weight is 641 g/mol. The van der Waals surface area contributed by atoms with Gasteiger partial charge in [0.05, 0.1) is 0 Å². The summed E-state index contributed by atoms with van der Waals surface area (Å²) in [5.74, 6) is 2.26. The van der Waals surface area contributed by atoms with Crippen LogP contribution in [0, 0.1) is 0 Å². The average Bonchev–Trinajstić information content (AvgIpc) is 3.80. The van der Waals surface area contributed by atoms with Gasteiger partial charge in [0.25, 0.3) is 0 Å². The highest BCUT2D eigenvalue weighted by molar-refractivity contribution is 6.33. The zero-order valence-corrected chi connectivity index (χ0v) is 26.5. The van der Waals surface area contributed by atoms with Crippen molar-refractivity contribution in [2.45, 2.75) is 0 Å². The Morgan fingerprint density at radius 1 is 0.380 bits per heavy atom. The first kappa shape index (κ1) is 27.1. The molecule has 0 aliphatic heterocycles. The van der Waals surface area contributed by atoms with E-state index in [1.54, 1.807) is 0 Å². The molecule has 3 aromatic heterocycles. The Morgan fingerprint density at radius 2 is 1.04 bits per heavy atom. The summed E-state index contributed by atoms with van der Waals surface area (Å²) in [4.78, 5) is 20.3. The van der Waals surface area contributed by atoms with E-state index in [1.165, 1.54) is 10.8 Å². The van der Waals surface area contributed by atoms with Crippen molar-refractivity contribution in [1.82, 2.24) is 19.9 Å². The lowest BCUT2D eigenvalue weighted by Crippen LogP contribution is -2.00. The van der Waals surface area contributed by atoms with Gasteiger partial charge >= 0.3 is 0 Å². The van der Waals surface area contributed by atoms with Crippen LogP contribution in [0.15, 0.2) is 154 Å². The molecule has 11 aromatic rings. The highest BCUT2D eigenvalue weighted by atomic mass is 16.3. The molecular weight excluding hydrogens is 617 g/mol. The molecule has 0 radical (unpaired) electrons. The predicted octanol–water partition coefficient (Wildman–Crippen LogP) is 11.5. The number of aromatic nitrogens is 4. The number of fused-ring (bicyclic) bond motifs is 6.